The Labute approximate surface area is 160 Å². The number of nitrogens with zero attached hydrogens (tertiary/aromatic N) is 2. The molecule has 11 heteroatoms. The summed E-state index contributed by atoms with van der Waals surface area (Å²) in [4.78, 5) is 8.07. The van der Waals surface area contributed by atoms with Crippen LogP contribution < -0.4 is 15.4 Å². The van der Waals surface area contributed by atoms with Crippen LogP contribution >= 0.6 is 0 Å². The first-order valence-corrected chi connectivity index (χ1v) is 8.00. The highest BCUT2D eigenvalue weighted by Crippen LogP contribution is 2.30. The Morgan fingerprint density at radius 1 is 0.931 bits per heavy atom. The number of ether oxygens (including phenoxy) is 1. The van der Waals surface area contributed by atoms with Crippen molar-refractivity contribution in [3.8, 4) is 17.0 Å². The zero-order chi connectivity index (χ0) is 21.2. The lowest BCUT2D eigenvalue weighted by Crippen LogP contribution is -2.17. The number of anilines is 3. The van der Waals surface area contributed by atoms with Crippen LogP contribution in [0.4, 0.5) is 43.8 Å². The smallest absolute Gasteiger partial charge is 0.406 e. The van der Waals surface area contributed by atoms with Gasteiger partial charge in [-0.05, 0) is 24.3 Å². The fraction of sp³-hybridized carbons (Fsp3) is 0.111. The lowest BCUT2D eigenvalue weighted by molar-refractivity contribution is -0.274. The molecule has 152 valence electrons. The SMILES string of the molecule is CNc1nc(Nc2c(F)ccc(F)c2F)cc(-c2cccc(OC(F)(F)F)c2)n1. The van der Waals surface area contributed by atoms with E-state index in [1.165, 1.54) is 25.2 Å². The van der Waals surface area contributed by atoms with E-state index in [1.54, 1.807) is 0 Å². The molecule has 0 spiro atoms. The molecule has 3 aromatic rings. The molecular weight excluding hydrogens is 402 g/mol. The normalized spacial score (nSPS) is 11.3. The third-order valence-electron chi connectivity index (χ3n) is 3.61. The average molecular weight is 414 g/mol. The minimum atomic E-state index is -4.88. The molecule has 0 saturated heterocycles. The summed E-state index contributed by atoms with van der Waals surface area (Å²) in [5.41, 5.74) is -0.434. The van der Waals surface area contributed by atoms with Gasteiger partial charge in [0.05, 0.1) is 5.69 Å². The highest BCUT2D eigenvalue weighted by atomic mass is 19.4. The predicted molar refractivity (Wildman–Crippen MR) is 93.3 cm³/mol. The van der Waals surface area contributed by atoms with Gasteiger partial charge in [0.25, 0.3) is 0 Å². The third-order valence-corrected chi connectivity index (χ3v) is 3.61. The van der Waals surface area contributed by atoms with Gasteiger partial charge in [0.1, 0.15) is 23.1 Å². The van der Waals surface area contributed by atoms with E-state index in [4.69, 9.17) is 0 Å². The standard InChI is InChI=1S/C18H12F6N4O/c1-25-17-26-13(9-3-2-4-10(7-9)29-18(22,23)24)8-14(28-17)27-16-12(20)6-5-11(19)15(16)21/h2-8H,1H3,(H2,25,26,27,28). The van der Waals surface area contributed by atoms with Gasteiger partial charge in [0, 0.05) is 18.7 Å². The molecule has 0 aliphatic carbocycles. The lowest BCUT2D eigenvalue weighted by Gasteiger charge is -2.13. The quantitative estimate of drug-likeness (QED) is 0.442. The first-order valence-electron chi connectivity index (χ1n) is 8.00. The third kappa shape index (κ3) is 4.86. The summed E-state index contributed by atoms with van der Waals surface area (Å²) in [6.07, 6.45) is -4.88. The Kier molecular flexibility index (Phi) is 5.48. The molecule has 1 heterocycles. The van der Waals surface area contributed by atoms with E-state index >= 15 is 0 Å². The van der Waals surface area contributed by atoms with Gasteiger partial charge in [-0.25, -0.2) is 18.2 Å². The van der Waals surface area contributed by atoms with Crippen molar-refractivity contribution in [3.05, 3.63) is 59.9 Å². The number of hydrogen-bond acceptors (Lipinski definition) is 5. The molecule has 0 atom stereocenters. The summed E-state index contributed by atoms with van der Waals surface area (Å²) in [6.45, 7) is 0. The molecule has 5 nitrogen and oxygen atoms in total. The van der Waals surface area contributed by atoms with Crippen molar-refractivity contribution in [2.24, 2.45) is 0 Å². The van der Waals surface area contributed by atoms with Gasteiger partial charge >= 0.3 is 6.36 Å². The van der Waals surface area contributed by atoms with Gasteiger partial charge in [0.2, 0.25) is 5.95 Å². The maximum Gasteiger partial charge on any atom is 0.573 e. The van der Waals surface area contributed by atoms with Crippen molar-refractivity contribution >= 4 is 17.5 Å². The molecular formula is C18H12F6N4O. The van der Waals surface area contributed by atoms with E-state index in [-0.39, 0.29) is 23.0 Å². The molecule has 0 aliphatic heterocycles. The predicted octanol–water partition coefficient (Wildman–Crippen LogP) is 5.24. The van der Waals surface area contributed by atoms with Gasteiger partial charge in [-0.1, -0.05) is 12.1 Å². The molecule has 0 radical (unpaired) electrons. The summed E-state index contributed by atoms with van der Waals surface area (Å²) in [5, 5.41) is 4.95. The summed E-state index contributed by atoms with van der Waals surface area (Å²) >= 11 is 0. The van der Waals surface area contributed by atoms with Crippen molar-refractivity contribution in [1.82, 2.24) is 9.97 Å². The highest BCUT2D eigenvalue weighted by Gasteiger charge is 2.31. The molecule has 29 heavy (non-hydrogen) atoms. The Hall–Kier alpha value is -3.50. The van der Waals surface area contributed by atoms with Crippen LogP contribution in [0.5, 0.6) is 5.75 Å². The van der Waals surface area contributed by atoms with E-state index < -0.39 is 35.3 Å². The van der Waals surface area contributed by atoms with Crippen LogP contribution in [-0.2, 0) is 0 Å². The van der Waals surface area contributed by atoms with Crippen LogP contribution in [0.3, 0.4) is 0 Å². The highest BCUT2D eigenvalue weighted by molar-refractivity contribution is 5.68. The topological polar surface area (TPSA) is 59.1 Å². The number of alkyl halides is 3. The van der Waals surface area contributed by atoms with E-state index in [0.29, 0.717) is 6.07 Å². The van der Waals surface area contributed by atoms with Crippen LogP contribution in [0.2, 0.25) is 0 Å². The van der Waals surface area contributed by atoms with Gasteiger partial charge in [-0.3, -0.25) is 0 Å². The first-order chi connectivity index (χ1) is 13.7. The summed E-state index contributed by atoms with van der Waals surface area (Å²) < 4.78 is 82.4. The van der Waals surface area contributed by atoms with Crippen LogP contribution in [0.25, 0.3) is 11.3 Å². The van der Waals surface area contributed by atoms with Crippen molar-refractivity contribution in [1.29, 1.82) is 0 Å². The van der Waals surface area contributed by atoms with Gasteiger partial charge in [-0.2, -0.15) is 4.98 Å². The number of hydrogen-bond donors (Lipinski definition) is 2. The molecule has 0 bridgehead atoms. The minimum absolute atomic E-state index is 0.00404. The van der Waals surface area contributed by atoms with Crippen LogP contribution in [0.1, 0.15) is 0 Å². The molecule has 0 amide bonds. The zero-order valence-corrected chi connectivity index (χ0v) is 14.6. The van der Waals surface area contributed by atoms with Crippen molar-refractivity contribution in [2.75, 3.05) is 17.7 Å². The Bertz CT molecular complexity index is 1040. The van der Waals surface area contributed by atoms with E-state index in [9.17, 15) is 26.3 Å². The maximum absolute atomic E-state index is 13.9. The van der Waals surface area contributed by atoms with E-state index in [0.717, 1.165) is 18.2 Å². The molecule has 0 aliphatic rings. The Balaban J connectivity index is 2.01. The van der Waals surface area contributed by atoms with Crippen LogP contribution in [0.15, 0.2) is 42.5 Å². The molecule has 2 aromatic carbocycles. The molecule has 0 saturated carbocycles. The zero-order valence-electron chi connectivity index (χ0n) is 14.6. The molecule has 1 aromatic heterocycles. The van der Waals surface area contributed by atoms with Gasteiger partial charge in [-0.15, -0.1) is 13.2 Å². The molecule has 0 unspecified atom stereocenters. The van der Waals surface area contributed by atoms with E-state index in [1.807, 2.05) is 0 Å². The first kappa shape index (κ1) is 20.2. The van der Waals surface area contributed by atoms with Crippen LogP contribution in [-0.4, -0.2) is 23.4 Å². The maximum atomic E-state index is 13.9. The molecule has 2 N–H and O–H groups in total. The van der Waals surface area contributed by atoms with Crippen molar-refractivity contribution in [3.63, 3.8) is 0 Å². The summed E-state index contributed by atoms with van der Waals surface area (Å²) in [7, 11) is 1.47. The average Bonchev–Trinajstić information content (AvgIpc) is 2.67. The Morgan fingerprint density at radius 3 is 2.34 bits per heavy atom. The second-order valence-corrected chi connectivity index (χ2v) is 5.63. The largest absolute Gasteiger partial charge is 0.573 e. The van der Waals surface area contributed by atoms with Crippen molar-refractivity contribution in [2.45, 2.75) is 6.36 Å². The summed E-state index contributed by atoms with van der Waals surface area (Å²) in [6, 6.07) is 7.56. The van der Waals surface area contributed by atoms with Crippen LogP contribution in [0, 0.1) is 17.5 Å². The Morgan fingerprint density at radius 2 is 1.66 bits per heavy atom. The number of halogens is 6. The monoisotopic (exact) mass is 414 g/mol. The lowest BCUT2D eigenvalue weighted by atomic mass is 10.1. The summed E-state index contributed by atoms with van der Waals surface area (Å²) in [5.74, 6) is -4.37. The second kappa shape index (κ2) is 7.86. The number of benzene rings is 2. The molecule has 0 fully saturated rings. The fourth-order valence-corrected chi connectivity index (χ4v) is 2.39. The number of nitrogens with one attached hydrogen (secondary N) is 2. The fourth-order valence-electron chi connectivity index (χ4n) is 2.39. The minimum Gasteiger partial charge on any atom is -0.406 e. The number of rotatable bonds is 5. The van der Waals surface area contributed by atoms with Gasteiger partial charge in [0.15, 0.2) is 11.6 Å². The second-order valence-electron chi connectivity index (χ2n) is 5.63. The van der Waals surface area contributed by atoms with Crippen molar-refractivity contribution < 1.29 is 31.1 Å². The van der Waals surface area contributed by atoms with Gasteiger partial charge < -0.3 is 15.4 Å². The van der Waals surface area contributed by atoms with E-state index in [2.05, 4.69) is 25.3 Å². The number of aromatic nitrogens is 2. The molecule has 3 rings (SSSR count).